The number of aromatic nitrogens is 4. The summed E-state index contributed by atoms with van der Waals surface area (Å²) in [7, 11) is 7.70. The van der Waals surface area contributed by atoms with E-state index in [9.17, 15) is 4.79 Å². The highest BCUT2D eigenvalue weighted by Crippen LogP contribution is 2.50. The van der Waals surface area contributed by atoms with Crippen LogP contribution in [0.15, 0.2) is 48.9 Å². The van der Waals surface area contributed by atoms with Crippen LogP contribution in [0, 0.1) is 5.92 Å². The Kier molecular flexibility index (Phi) is 10.2. The van der Waals surface area contributed by atoms with Crippen LogP contribution < -0.4 is 14.4 Å². The van der Waals surface area contributed by atoms with Crippen molar-refractivity contribution >= 4 is 34.4 Å². The number of carbonyl (C=O) groups is 1. The van der Waals surface area contributed by atoms with Gasteiger partial charge in [-0.2, -0.15) is 5.10 Å². The van der Waals surface area contributed by atoms with Crippen LogP contribution in [0.4, 0.5) is 5.82 Å². The maximum atomic E-state index is 14.0. The highest BCUT2D eigenvalue weighted by Gasteiger charge is 2.47. The Bertz CT molecular complexity index is 1810. The summed E-state index contributed by atoms with van der Waals surface area (Å²) in [5.41, 5.74) is 4.38. The first kappa shape index (κ1) is 34.5. The van der Waals surface area contributed by atoms with Gasteiger partial charge in [-0.1, -0.05) is 29.8 Å². The molecule has 266 valence electrons. The van der Waals surface area contributed by atoms with E-state index in [1.165, 1.54) is 11.1 Å². The lowest BCUT2D eigenvalue weighted by Gasteiger charge is -2.52. The third-order valence-electron chi connectivity index (χ3n) is 11.1. The van der Waals surface area contributed by atoms with Gasteiger partial charge in [-0.25, -0.2) is 14.6 Å². The van der Waals surface area contributed by atoms with Gasteiger partial charge in [-0.05, 0) is 94.1 Å². The quantitative estimate of drug-likeness (QED) is 0.224. The molecule has 3 aliphatic rings. The highest BCUT2D eigenvalue weighted by molar-refractivity contribution is 6.31. The first-order valence-electron chi connectivity index (χ1n) is 17.9. The second-order valence-corrected chi connectivity index (χ2v) is 14.6. The number of halogens is 1. The maximum Gasteiger partial charge on any atom is 0.225 e. The molecule has 11 nitrogen and oxygen atoms in total. The predicted molar refractivity (Wildman–Crippen MR) is 196 cm³/mol. The third kappa shape index (κ3) is 6.63. The summed E-state index contributed by atoms with van der Waals surface area (Å²) in [5.74, 6) is 2.77. The van der Waals surface area contributed by atoms with Crippen molar-refractivity contribution in [2.45, 2.75) is 50.6 Å². The lowest BCUT2D eigenvalue weighted by Crippen LogP contribution is -2.55. The minimum atomic E-state index is -0.0937. The summed E-state index contributed by atoms with van der Waals surface area (Å²) in [6.45, 7) is 6.45. The monoisotopic (exact) mass is 700 g/mol. The van der Waals surface area contributed by atoms with Crippen molar-refractivity contribution in [2.75, 3.05) is 79.0 Å². The SMILES string of the molecule is COc1cc2c(cc1OC)[C@]1(CC[C@H](C(=O)N3CCN(c4ncnc5c4cnn5Cc4ccccc4Cl)CC3)CC1)N(CCCN(C)C)CC2. The van der Waals surface area contributed by atoms with Crippen LogP contribution in [0.1, 0.15) is 48.8 Å². The Hall–Kier alpha value is -3.93. The van der Waals surface area contributed by atoms with E-state index in [0.29, 0.717) is 30.6 Å². The normalized spacial score (nSPS) is 21.2. The molecular weight excluding hydrogens is 652 g/mol. The van der Waals surface area contributed by atoms with Crippen LogP contribution in [0.2, 0.25) is 5.02 Å². The minimum absolute atomic E-state index is 0.0371. The molecule has 0 radical (unpaired) electrons. The van der Waals surface area contributed by atoms with E-state index in [2.05, 4.69) is 60.9 Å². The molecular formula is C38H49ClN8O3. The Morgan fingerprint density at radius 2 is 1.74 bits per heavy atom. The molecule has 2 fully saturated rings. The molecule has 2 aliphatic heterocycles. The topological polar surface area (TPSA) is 92.1 Å². The number of hydrogen-bond donors (Lipinski definition) is 0. The Morgan fingerprint density at radius 1 is 1.00 bits per heavy atom. The fraction of sp³-hybridized carbons (Fsp3) is 0.526. The zero-order chi connectivity index (χ0) is 34.8. The zero-order valence-corrected chi connectivity index (χ0v) is 30.5. The van der Waals surface area contributed by atoms with E-state index in [4.69, 9.17) is 21.1 Å². The number of ether oxygens (including phenoxy) is 2. The molecule has 1 amide bonds. The summed E-state index contributed by atoms with van der Waals surface area (Å²) in [4.78, 5) is 32.6. The summed E-state index contributed by atoms with van der Waals surface area (Å²) in [6, 6.07) is 12.2. The Balaban J connectivity index is 1.02. The van der Waals surface area contributed by atoms with Gasteiger partial charge in [0.2, 0.25) is 5.91 Å². The van der Waals surface area contributed by atoms with Crippen LogP contribution in [0.5, 0.6) is 11.5 Å². The number of benzene rings is 2. The van der Waals surface area contributed by atoms with E-state index >= 15 is 0 Å². The summed E-state index contributed by atoms with van der Waals surface area (Å²) in [6.07, 6.45) is 9.25. The number of piperazine rings is 1. The van der Waals surface area contributed by atoms with E-state index in [0.717, 1.165) is 105 Å². The lowest BCUT2D eigenvalue weighted by atomic mass is 9.68. The lowest BCUT2D eigenvalue weighted by molar-refractivity contribution is -0.138. The average Bonchev–Trinajstić information content (AvgIpc) is 3.56. The minimum Gasteiger partial charge on any atom is -0.493 e. The van der Waals surface area contributed by atoms with Crippen LogP contribution in [-0.4, -0.2) is 114 Å². The number of anilines is 1. The molecule has 0 unspecified atom stereocenters. The molecule has 2 aromatic heterocycles. The van der Waals surface area contributed by atoms with Crippen LogP contribution in [0.3, 0.4) is 0 Å². The highest BCUT2D eigenvalue weighted by atomic mass is 35.5. The molecule has 0 bridgehead atoms. The van der Waals surface area contributed by atoms with E-state index < -0.39 is 0 Å². The largest absolute Gasteiger partial charge is 0.493 e. The number of methoxy groups -OCH3 is 2. The molecule has 4 heterocycles. The van der Waals surface area contributed by atoms with Crippen LogP contribution in [-0.2, 0) is 23.3 Å². The van der Waals surface area contributed by atoms with Gasteiger partial charge in [0.1, 0.15) is 12.1 Å². The molecule has 12 heteroatoms. The van der Waals surface area contributed by atoms with Gasteiger partial charge in [-0.15, -0.1) is 0 Å². The molecule has 1 saturated heterocycles. The van der Waals surface area contributed by atoms with Gasteiger partial charge in [0, 0.05) is 55.7 Å². The van der Waals surface area contributed by atoms with Gasteiger partial charge in [0.25, 0.3) is 0 Å². The molecule has 1 aliphatic carbocycles. The van der Waals surface area contributed by atoms with Crippen LogP contribution >= 0.6 is 11.6 Å². The van der Waals surface area contributed by atoms with Gasteiger partial charge >= 0.3 is 0 Å². The van der Waals surface area contributed by atoms with Crippen molar-refractivity contribution in [3.05, 3.63) is 70.6 Å². The molecule has 1 spiro atoms. The van der Waals surface area contributed by atoms with Crippen molar-refractivity contribution in [2.24, 2.45) is 5.92 Å². The molecule has 0 N–H and O–H groups in total. The molecule has 1 saturated carbocycles. The Labute approximate surface area is 300 Å². The molecule has 7 rings (SSSR count). The zero-order valence-electron chi connectivity index (χ0n) is 29.8. The summed E-state index contributed by atoms with van der Waals surface area (Å²) < 4.78 is 13.3. The number of carbonyl (C=O) groups excluding carboxylic acids is 1. The van der Waals surface area contributed by atoms with Gasteiger partial charge in [0.05, 0.1) is 32.3 Å². The number of hydrogen-bond acceptors (Lipinski definition) is 9. The maximum absolute atomic E-state index is 14.0. The molecule has 2 aromatic carbocycles. The smallest absolute Gasteiger partial charge is 0.225 e. The molecule has 4 aromatic rings. The fourth-order valence-corrected chi connectivity index (χ4v) is 8.66. The van der Waals surface area contributed by atoms with E-state index in [1.54, 1.807) is 20.5 Å². The van der Waals surface area contributed by atoms with Crippen molar-refractivity contribution in [1.82, 2.24) is 34.4 Å². The van der Waals surface area contributed by atoms with Gasteiger partial charge in [0.15, 0.2) is 17.1 Å². The molecule has 50 heavy (non-hydrogen) atoms. The van der Waals surface area contributed by atoms with Crippen molar-refractivity contribution in [3.63, 3.8) is 0 Å². The number of amides is 1. The number of fused-ring (bicyclic) bond motifs is 3. The summed E-state index contributed by atoms with van der Waals surface area (Å²) >= 11 is 6.43. The predicted octanol–water partition coefficient (Wildman–Crippen LogP) is 5.09. The average molecular weight is 701 g/mol. The number of nitrogens with zero attached hydrogens (tertiary/aromatic N) is 8. The fourth-order valence-electron chi connectivity index (χ4n) is 8.47. The van der Waals surface area contributed by atoms with Crippen molar-refractivity contribution in [1.29, 1.82) is 0 Å². The standard InChI is InChI=1S/C38H49ClN8O3/c1-43(2)15-7-16-46-17-12-28-22-33(49-3)34(50-4)23-31(28)38(46)13-10-27(11-14-38)37(48)45-20-18-44(19-21-45)35-30-24-42-47(36(30)41-26-40-35)25-29-8-5-6-9-32(29)39/h5-6,8-9,22-24,26-27H,7,10-21,25H2,1-4H3/t27-,38+. The van der Waals surface area contributed by atoms with Gasteiger partial charge < -0.3 is 24.2 Å². The number of rotatable bonds is 10. The third-order valence-corrected chi connectivity index (χ3v) is 11.5. The van der Waals surface area contributed by atoms with Crippen LogP contribution in [0.25, 0.3) is 11.0 Å². The molecule has 0 atom stereocenters. The second kappa shape index (κ2) is 14.7. The van der Waals surface area contributed by atoms with Crippen molar-refractivity contribution < 1.29 is 14.3 Å². The van der Waals surface area contributed by atoms with E-state index in [1.807, 2.05) is 35.1 Å². The second-order valence-electron chi connectivity index (χ2n) is 14.2. The first-order valence-corrected chi connectivity index (χ1v) is 18.3. The summed E-state index contributed by atoms with van der Waals surface area (Å²) in [5, 5.41) is 6.26. The van der Waals surface area contributed by atoms with Gasteiger partial charge in [-0.3, -0.25) is 9.69 Å². The van der Waals surface area contributed by atoms with Crippen molar-refractivity contribution in [3.8, 4) is 11.5 Å². The van der Waals surface area contributed by atoms with E-state index in [-0.39, 0.29) is 11.5 Å². The first-order chi connectivity index (χ1) is 24.3. The Morgan fingerprint density at radius 3 is 2.46 bits per heavy atom.